The first-order valence-corrected chi connectivity index (χ1v) is 12.9. The molecule has 1 atom stereocenters. The third kappa shape index (κ3) is 4.97. The van der Waals surface area contributed by atoms with Crippen LogP contribution in [0.2, 0.25) is 0 Å². The van der Waals surface area contributed by atoms with Crippen LogP contribution in [0.1, 0.15) is 42.1 Å². The summed E-state index contributed by atoms with van der Waals surface area (Å²) in [7, 11) is 3.28. The highest BCUT2D eigenvalue weighted by atomic mass is 32.1. The third-order valence-electron chi connectivity index (χ3n) is 6.60. The van der Waals surface area contributed by atoms with Crippen molar-refractivity contribution in [3.05, 3.63) is 64.8 Å². The van der Waals surface area contributed by atoms with Crippen LogP contribution in [0.4, 0.5) is 5.82 Å². The normalized spacial score (nSPS) is 14.9. The Morgan fingerprint density at radius 3 is 2.51 bits per heavy atom. The van der Waals surface area contributed by atoms with Gasteiger partial charge in [-0.15, -0.1) is 11.3 Å². The van der Waals surface area contributed by atoms with Crippen molar-refractivity contribution in [2.75, 3.05) is 32.6 Å². The number of nitrogens with zero attached hydrogens (tertiary/aromatic N) is 3. The van der Waals surface area contributed by atoms with E-state index in [1.807, 2.05) is 30.4 Å². The van der Waals surface area contributed by atoms with Crippen molar-refractivity contribution in [1.82, 2.24) is 14.9 Å². The zero-order valence-electron chi connectivity index (χ0n) is 20.8. The lowest BCUT2D eigenvalue weighted by Gasteiger charge is -2.17. The van der Waals surface area contributed by atoms with Crippen LogP contribution in [0.25, 0.3) is 21.3 Å². The van der Waals surface area contributed by atoms with Gasteiger partial charge in [-0.2, -0.15) is 0 Å². The molecular formula is C28H32N4O2S. The lowest BCUT2D eigenvalue weighted by molar-refractivity contribution is 0.332. The number of nitrogens with one attached hydrogen (secondary N) is 1. The molecule has 3 heterocycles. The molecule has 182 valence electrons. The lowest BCUT2D eigenvalue weighted by Crippen LogP contribution is -2.18. The highest BCUT2D eigenvalue weighted by Crippen LogP contribution is 2.37. The quantitative estimate of drug-likeness (QED) is 0.307. The third-order valence-corrected chi connectivity index (χ3v) is 7.90. The number of fused-ring (bicyclic) bond motifs is 1. The summed E-state index contributed by atoms with van der Waals surface area (Å²) in [5.41, 5.74) is 3.57. The second-order valence-electron chi connectivity index (χ2n) is 9.05. The monoisotopic (exact) mass is 488 g/mol. The number of thiophene rings is 1. The number of aryl methyl sites for hydroxylation is 1. The second-order valence-corrected chi connectivity index (χ2v) is 10.2. The maximum Gasteiger partial charge on any atom is 0.162 e. The highest BCUT2D eigenvalue weighted by molar-refractivity contribution is 7.15. The standard InChI is InChI=1S/C28H32N4O2S/c1-18(29-28-22-15-24(33-3)25(34-4)16-23(22)30-19(2)31-28)26-11-12-27(35-26)21-10-6-5-9-20(21)17-32-13-7-8-14-32/h5-6,9-12,15-16,18H,7-8,13-14,17H2,1-4H3,(H,29,30,31). The van der Waals surface area contributed by atoms with Crippen LogP contribution in [0.5, 0.6) is 11.5 Å². The minimum atomic E-state index is 0.0880. The van der Waals surface area contributed by atoms with Gasteiger partial charge in [0, 0.05) is 27.8 Å². The van der Waals surface area contributed by atoms with E-state index < -0.39 is 0 Å². The molecule has 1 N–H and O–H groups in total. The molecule has 2 aromatic carbocycles. The van der Waals surface area contributed by atoms with Crippen LogP contribution in [0.15, 0.2) is 48.5 Å². The van der Waals surface area contributed by atoms with Gasteiger partial charge in [0.25, 0.3) is 0 Å². The molecule has 6 nitrogen and oxygen atoms in total. The fourth-order valence-electron chi connectivity index (χ4n) is 4.77. The van der Waals surface area contributed by atoms with E-state index >= 15 is 0 Å². The van der Waals surface area contributed by atoms with Crippen molar-refractivity contribution in [2.24, 2.45) is 0 Å². The number of ether oxygens (including phenoxy) is 2. The fraction of sp³-hybridized carbons (Fsp3) is 0.357. The molecule has 35 heavy (non-hydrogen) atoms. The molecular weight excluding hydrogens is 456 g/mol. The van der Waals surface area contributed by atoms with E-state index in [0.717, 1.165) is 23.3 Å². The van der Waals surface area contributed by atoms with Gasteiger partial charge in [0.2, 0.25) is 0 Å². The molecule has 1 saturated heterocycles. The van der Waals surface area contributed by atoms with E-state index in [4.69, 9.17) is 14.5 Å². The summed E-state index contributed by atoms with van der Waals surface area (Å²) < 4.78 is 11.0. The number of rotatable bonds is 8. The molecule has 0 aliphatic carbocycles. The molecule has 7 heteroatoms. The van der Waals surface area contributed by atoms with Gasteiger partial charge >= 0.3 is 0 Å². The van der Waals surface area contributed by atoms with Crippen molar-refractivity contribution in [3.8, 4) is 21.9 Å². The van der Waals surface area contributed by atoms with Crippen molar-refractivity contribution < 1.29 is 9.47 Å². The maximum atomic E-state index is 5.52. The first-order chi connectivity index (χ1) is 17.1. The van der Waals surface area contributed by atoms with Crippen molar-refractivity contribution in [1.29, 1.82) is 0 Å². The topological polar surface area (TPSA) is 59.5 Å². The molecule has 5 rings (SSSR count). The van der Waals surface area contributed by atoms with E-state index in [1.165, 1.54) is 46.8 Å². The summed E-state index contributed by atoms with van der Waals surface area (Å²) in [5.74, 6) is 2.83. The molecule has 0 spiro atoms. The molecule has 4 aromatic rings. The van der Waals surface area contributed by atoms with Crippen LogP contribution in [0.3, 0.4) is 0 Å². The first-order valence-electron chi connectivity index (χ1n) is 12.1. The number of methoxy groups -OCH3 is 2. The molecule has 2 aromatic heterocycles. The van der Waals surface area contributed by atoms with E-state index in [1.54, 1.807) is 14.2 Å². The Labute approximate surface area is 210 Å². The first kappa shape index (κ1) is 23.6. The van der Waals surface area contributed by atoms with Gasteiger partial charge in [-0.1, -0.05) is 24.3 Å². The minimum absolute atomic E-state index is 0.0880. The number of aromatic nitrogens is 2. The SMILES string of the molecule is COc1cc2nc(C)nc(NC(C)c3ccc(-c4ccccc4CN4CCCC4)s3)c2cc1OC. The van der Waals surface area contributed by atoms with Crippen molar-refractivity contribution in [3.63, 3.8) is 0 Å². The lowest BCUT2D eigenvalue weighted by atomic mass is 10.1. The van der Waals surface area contributed by atoms with Crippen LogP contribution < -0.4 is 14.8 Å². The number of likely N-dealkylation sites (tertiary alicyclic amines) is 1. The molecule has 0 amide bonds. The van der Waals surface area contributed by atoms with Gasteiger partial charge < -0.3 is 14.8 Å². The highest BCUT2D eigenvalue weighted by Gasteiger charge is 2.18. The van der Waals surface area contributed by atoms with E-state index in [9.17, 15) is 0 Å². The second kappa shape index (κ2) is 10.2. The molecule has 1 aliphatic rings. The van der Waals surface area contributed by atoms with Gasteiger partial charge in [0.15, 0.2) is 11.5 Å². The number of hydrogen-bond donors (Lipinski definition) is 1. The smallest absolute Gasteiger partial charge is 0.162 e. The summed E-state index contributed by atoms with van der Waals surface area (Å²) in [4.78, 5) is 14.5. The van der Waals surface area contributed by atoms with Crippen LogP contribution in [0, 0.1) is 6.92 Å². The average molecular weight is 489 g/mol. The fourth-order valence-corrected chi connectivity index (χ4v) is 5.84. The zero-order valence-corrected chi connectivity index (χ0v) is 21.6. The summed E-state index contributed by atoms with van der Waals surface area (Å²) in [6.45, 7) is 7.51. The number of hydrogen-bond acceptors (Lipinski definition) is 7. The average Bonchev–Trinajstić information content (AvgIpc) is 3.56. The molecule has 1 unspecified atom stereocenters. The van der Waals surface area contributed by atoms with Gasteiger partial charge in [-0.25, -0.2) is 9.97 Å². The van der Waals surface area contributed by atoms with E-state index in [-0.39, 0.29) is 6.04 Å². The molecule has 0 bridgehead atoms. The van der Waals surface area contributed by atoms with Crippen molar-refractivity contribution in [2.45, 2.75) is 39.3 Å². The Morgan fingerprint density at radius 2 is 1.74 bits per heavy atom. The Hall–Kier alpha value is -3.16. The Bertz CT molecular complexity index is 1330. The molecule has 0 saturated carbocycles. The predicted molar refractivity (Wildman–Crippen MR) is 144 cm³/mol. The van der Waals surface area contributed by atoms with Gasteiger partial charge in [0.05, 0.1) is 25.8 Å². The summed E-state index contributed by atoms with van der Waals surface area (Å²) >= 11 is 1.84. The minimum Gasteiger partial charge on any atom is -0.493 e. The Morgan fingerprint density at radius 1 is 1.00 bits per heavy atom. The van der Waals surface area contributed by atoms with Gasteiger partial charge in [0.1, 0.15) is 11.6 Å². The Kier molecular flexibility index (Phi) is 6.88. The van der Waals surface area contributed by atoms with Crippen LogP contribution >= 0.6 is 11.3 Å². The summed E-state index contributed by atoms with van der Waals surface area (Å²) in [5, 5.41) is 4.53. The number of anilines is 1. The predicted octanol–water partition coefficient (Wildman–Crippen LogP) is 6.45. The zero-order chi connectivity index (χ0) is 24.4. The van der Waals surface area contributed by atoms with Crippen LogP contribution in [-0.4, -0.2) is 42.2 Å². The van der Waals surface area contributed by atoms with Crippen LogP contribution in [-0.2, 0) is 6.54 Å². The largest absolute Gasteiger partial charge is 0.493 e. The summed E-state index contributed by atoms with van der Waals surface area (Å²) in [6, 6.07) is 17.2. The van der Waals surface area contributed by atoms with Gasteiger partial charge in [-0.05, 0) is 69.1 Å². The molecule has 0 radical (unpaired) electrons. The summed E-state index contributed by atoms with van der Waals surface area (Å²) in [6.07, 6.45) is 2.62. The molecule has 1 aliphatic heterocycles. The maximum absolute atomic E-state index is 5.52. The Balaban J connectivity index is 1.42. The van der Waals surface area contributed by atoms with Crippen molar-refractivity contribution >= 4 is 28.1 Å². The number of benzene rings is 2. The molecule has 1 fully saturated rings. The van der Waals surface area contributed by atoms with Gasteiger partial charge in [-0.3, -0.25) is 4.90 Å². The van der Waals surface area contributed by atoms with E-state index in [2.05, 4.69) is 58.5 Å². The van der Waals surface area contributed by atoms with E-state index in [0.29, 0.717) is 17.3 Å².